The third-order valence-corrected chi connectivity index (χ3v) is 5.03. The molecule has 0 saturated heterocycles. The molecular formula is C21H32N4O2S. The van der Waals surface area contributed by atoms with Crippen molar-refractivity contribution in [1.29, 1.82) is 0 Å². The second-order valence-electron chi connectivity index (χ2n) is 7.85. The summed E-state index contributed by atoms with van der Waals surface area (Å²) in [7, 11) is 0. The predicted octanol–water partition coefficient (Wildman–Crippen LogP) is 4.20. The molecule has 0 atom stereocenters. The molecule has 0 saturated carbocycles. The maximum Gasteiger partial charge on any atom is 0.407 e. The summed E-state index contributed by atoms with van der Waals surface area (Å²) in [5, 5.41) is 6.01. The van der Waals surface area contributed by atoms with Crippen LogP contribution in [0.5, 0.6) is 0 Å². The van der Waals surface area contributed by atoms with Gasteiger partial charge in [0.1, 0.15) is 5.60 Å². The number of rotatable bonds is 10. The summed E-state index contributed by atoms with van der Waals surface area (Å²) in [5.41, 5.74) is 1.87. The van der Waals surface area contributed by atoms with Crippen molar-refractivity contribution in [1.82, 2.24) is 20.2 Å². The fourth-order valence-electron chi connectivity index (χ4n) is 2.76. The van der Waals surface area contributed by atoms with E-state index in [0.29, 0.717) is 6.54 Å². The largest absolute Gasteiger partial charge is 0.444 e. The highest BCUT2D eigenvalue weighted by Crippen LogP contribution is 2.11. The van der Waals surface area contributed by atoms with Gasteiger partial charge in [-0.2, -0.15) is 0 Å². The summed E-state index contributed by atoms with van der Waals surface area (Å²) in [4.78, 5) is 23.1. The average molecular weight is 405 g/mol. The van der Waals surface area contributed by atoms with Crippen LogP contribution in [-0.2, 0) is 17.7 Å². The van der Waals surface area contributed by atoms with Gasteiger partial charge in [0.2, 0.25) is 0 Å². The zero-order chi connectivity index (χ0) is 20.4. The van der Waals surface area contributed by atoms with Gasteiger partial charge in [-0.25, -0.2) is 9.78 Å². The van der Waals surface area contributed by atoms with Crippen LogP contribution in [0.4, 0.5) is 4.79 Å². The Hall–Kier alpha value is -1.99. The Kier molecular flexibility index (Phi) is 8.86. The first-order chi connectivity index (χ1) is 13.3. The summed E-state index contributed by atoms with van der Waals surface area (Å²) in [6, 6.07) is 4.08. The minimum absolute atomic E-state index is 0.350. The first-order valence-electron chi connectivity index (χ1n) is 9.81. The minimum atomic E-state index is -0.461. The summed E-state index contributed by atoms with van der Waals surface area (Å²) < 4.78 is 5.26. The molecular weight excluding hydrogens is 372 g/mol. The third kappa shape index (κ3) is 8.80. The van der Waals surface area contributed by atoms with Crippen molar-refractivity contribution < 1.29 is 9.53 Å². The topological polar surface area (TPSA) is 67.4 Å². The van der Waals surface area contributed by atoms with Gasteiger partial charge in [-0.15, -0.1) is 11.3 Å². The van der Waals surface area contributed by atoms with E-state index in [1.54, 1.807) is 11.3 Å². The van der Waals surface area contributed by atoms with Crippen LogP contribution in [0.2, 0.25) is 0 Å². The summed E-state index contributed by atoms with van der Waals surface area (Å²) in [5.74, 6) is 0. The molecule has 2 aromatic heterocycles. The van der Waals surface area contributed by atoms with Crippen LogP contribution in [0.25, 0.3) is 0 Å². The van der Waals surface area contributed by atoms with Gasteiger partial charge in [0, 0.05) is 43.8 Å². The Morgan fingerprint density at radius 2 is 2.04 bits per heavy atom. The third-order valence-electron chi connectivity index (χ3n) is 4.19. The number of aromatic nitrogens is 2. The number of nitrogens with zero attached hydrogens (tertiary/aromatic N) is 3. The molecule has 0 bridgehead atoms. The first kappa shape index (κ1) is 22.3. The van der Waals surface area contributed by atoms with Gasteiger partial charge in [-0.1, -0.05) is 6.07 Å². The van der Waals surface area contributed by atoms with Gasteiger partial charge in [0.05, 0.1) is 10.7 Å². The standard InChI is InChI=1S/C21H32N4O2S/c1-17-8-7-11-22-18(17)16-25(14-9-19-23-12-15-28-19)13-6-5-10-24-20(26)27-21(2,3)4/h7-8,11-12,15H,5-6,9-10,13-14,16H2,1-4H3,(H,24,26). The van der Waals surface area contributed by atoms with Gasteiger partial charge in [0.15, 0.2) is 0 Å². The minimum Gasteiger partial charge on any atom is -0.444 e. The van der Waals surface area contributed by atoms with Crippen LogP contribution in [-0.4, -0.2) is 46.2 Å². The van der Waals surface area contributed by atoms with Crippen molar-refractivity contribution in [3.05, 3.63) is 46.2 Å². The molecule has 154 valence electrons. The van der Waals surface area contributed by atoms with Crippen molar-refractivity contribution in [3.63, 3.8) is 0 Å². The van der Waals surface area contributed by atoms with Gasteiger partial charge < -0.3 is 10.1 Å². The number of amides is 1. The number of carbonyl (C=O) groups is 1. The Bertz CT molecular complexity index is 713. The van der Waals surface area contributed by atoms with Crippen LogP contribution in [0, 0.1) is 6.92 Å². The number of aryl methyl sites for hydroxylation is 1. The number of thiazole rings is 1. The summed E-state index contributed by atoms with van der Waals surface area (Å²) >= 11 is 1.70. The smallest absolute Gasteiger partial charge is 0.407 e. The molecule has 2 aromatic rings. The summed E-state index contributed by atoms with van der Waals surface area (Å²) in [6.45, 7) is 11.1. The fourth-order valence-corrected chi connectivity index (χ4v) is 3.37. The molecule has 0 aliphatic heterocycles. The van der Waals surface area contributed by atoms with E-state index in [4.69, 9.17) is 4.74 Å². The molecule has 0 unspecified atom stereocenters. The van der Waals surface area contributed by atoms with Crippen molar-refractivity contribution in [2.75, 3.05) is 19.6 Å². The molecule has 7 heteroatoms. The maximum absolute atomic E-state index is 11.7. The molecule has 2 heterocycles. The SMILES string of the molecule is Cc1cccnc1CN(CCCCNC(=O)OC(C)(C)C)CCc1nccs1. The Morgan fingerprint density at radius 3 is 2.71 bits per heavy atom. The van der Waals surface area contributed by atoms with Gasteiger partial charge in [-0.05, 0) is 58.7 Å². The lowest BCUT2D eigenvalue weighted by atomic mass is 10.2. The summed E-state index contributed by atoms with van der Waals surface area (Å²) in [6.07, 6.45) is 6.21. The number of nitrogens with one attached hydrogen (secondary N) is 1. The van der Waals surface area contributed by atoms with E-state index in [0.717, 1.165) is 49.6 Å². The van der Waals surface area contributed by atoms with Crippen LogP contribution >= 0.6 is 11.3 Å². The highest BCUT2D eigenvalue weighted by Gasteiger charge is 2.15. The number of unbranched alkanes of at least 4 members (excludes halogenated alkanes) is 1. The number of pyridine rings is 1. The molecule has 1 N–H and O–H groups in total. The zero-order valence-electron chi connectivity index (χ0n) is 17.4. The van der Waals surface area contributed by atoms with Gasteiger partial charge in [-0.3, -0.25) is 9.88 Å². The normalized spacial score (nSPS) is 11.6. The highest BCUT2D eigenvalue weighted by molar-refractivity contribution is 7.09. The van der Waals surface area contributed by atoms with Crippen LogP contribution < -0.4 is 5.32 Å². The number of hydrogen-bond acceptors (Lipinski definition) is 6. The van der Waals surface area contributed by atoms with Gasteiger partial charge in [0.25, 0.3) is 0 Å². The molecule has 28 heavy (non-hydrogen) atoms. The van der Waals surface area contributed by atoms with E-state index in [1.165, 1.54) is 5.56 Å². The molecule has 0 fully saturated rings. The molecule has 1 amide bonds. The molecule has 0 radical (unpaired) electrons. The molecule has 0 aliphatic carbocycles. The van der Waals surface area contributed by atoms with Crippen molar-refractivity contribution in [2.24, 2.45) is 0 Å². The Morgan fingerprint density at radius 1 is 1.21 bits per heavy atom. The Balaban J connectivity index is 1.78. The number of carbonyl (C=O) groups excluding carboxylic acids is 1. The monoisotopic (exact) mass is 404 g/mol. The number of ether oxygens (including phenoxy) is 1. The zero-order valence-corrected chi connectivity index (χ0v) is 18.2. The molecule has 6 nitrogen and oxygen atoms in total. The molecule has 0 spiro atoms. The lowest BCUT2D eigenvalue weighted by molar-refractivity contribution is 0.0526. The number of hydrogen-bond donors (Lipinski definition) is 1. The molecule has 2 rings (SSSR count). The number of alkyl carbamates (subject to hydrolysis) is 1. The second-order valence-corrected chi connectivity index (χ2v) is 8.83. The first-order valence-corrected chi connectivity index (χ1v) is 10.7. The maximum atomic E-state index is 11.7. The van der Waals surface area contributed by atoms with Crippen LogP contribution in [0.3, 0.4) is 0 Å². The van der Waals surface area contributed by atoms with E-state index in [9.17, 15) is 4.79 Å². The van der Waals surface area contributed by atoms with Crippen LogP contribution in [0.1, 0.15) is 49.9 Å². The van der Waals surface area contributed by atoms with E-state index in [1.807, 2.05) is 44.6 Å². The van der Waals surface area contributed by atoms with Crippen molar-refractivity contribution in [3.8, 4) is 0 Å². The predicted molar refractivity (Wildman–Crippen MR) is 114 cm³/mol. The van der Waals surface area contributed by atoms with Crippen molar-refractivity contribution in [2.45, 2.75) is 59.1 Å². The second kappa shape index (κ2) is 11.1. The molecule has 0 aliphatic rings. The van der Waals surface area contributed by atoms with E-state index in [-0.39, 0.29) is 6.09 Å². The van der Waals surface area contributed by atoms with Crippen LogP contribution in [0.15, 0.2) is 29.9 Å². The lowest BCUT2D eigenvalue weighted by Gasteiger charge is -2.22. The fraction of sp³-hybridized carbons (Fsp3) is 0.571. The van der Waals surface area contributed by atoms with Crippen molar-refractivity contribution >= 4 is 17.4 Å². The van der Waals surface area contributed by atoms with E-state index in [2.05, 4.69) is 33.2 Å². The van der Waals surface area contributed by atoms with E-state index >= 15 is 0 Å². The van der Waals surface area contributed by atoms with E-state index < -0.39 is 5.60 Å². The highest BCUT2D eigenvalue weighted by atomic mass is 32.1. The quantitative estimate of drug-likeness (QED) is 0.601. The average Bonchev–Trinajstić information content (AvgIpc) is 3.13. The van der Waals surface area contributed by atoms with Gasteiger partial charge >= 0.3 is 6.09 Å². The lowest BCUT2D eigenvalue weighted by Crippen LogP contribution is -2.33. The molecule has 0 aromatic carbocycles. The Labute approximate surface area is 172 Å².